The largest absolute Gasteiger partial charge is 0.448 e. The zero-order valence-electron chi connectivity index (χ0n) is 21.0. The van der Waals surface area contributed by atoms with Crippen LogP contribution in [0.1, 0.15) is 62.2 Å². The quantitative estimate of drug-likeness (QED) is 0.665. The number of amides is 2. The summed E-state index contributed by atoms with van der Waals surface area (Å²) in [5.41, 5.74) is 1.66. The van der Waals surface area contributed by atoms with Gasteiger partial charge in [0, 0.05) is 29.9 Å². The summed E-state index contributed by atoms with van der Waals surface area (Å²) >= 11 is 0. The molecule has 2 aliphatic heterocycles. The number of nitrogens with zero attached hydrogens (tertiary/aromatic N) is 4. The molecule has 2 amide bonds. The number of ether oxygens (including phenoxy) is 2. The van der Waals surface area contributed by atoms with Gasteiger partial charge in [0.15, 0.2) is 5.82 Å². The van der Waals surface area contributed by atoms with Crippen molar-refractivity contribution in [3.05, 3.63) is 41.1 Å². The first-order valence-electron chi connectivity index (χ1n) is 12.1. The Balaban J connectivity index is 1.51. The molecule has 194 valence electrons. The molecule has 0 bridgehead atoms. The highest BCUT2D eigenvalue weighted by Crippen LogP contribution is 2.31. The molecule has 10 nitrogen and oxygen atoms in total. The molecule has 11 heteroatoms. The third-order valence-corrected chi connectivity index (χ3v) is 6.02. The van der Waals surface area contributed by atoms with Crippen molar-refractivity contribution in [1.29, 1.82) is 0 Å². The molecule has 0 unspecified atom stereocenters. The van der Waals surface area contributed by atoms with Crippen molar-refractivity contribution in [2.45, 2.75) is 65.4 Å². The van der Waals surface area contributed by atoms with E-state index in [4.69, 9.17) is 9.47 Å². The monoisotopic (exact) mass is 501 g/mol. The summed E-state index contributed by atoms with van der Waals surface area (Å²) in [6, 6.07) is 7.06. The van der Waals surface area contributed by atoms with Crippen LogP contribution in [0, 0.1) is 0 Å². The van der Waals surface area contributed by atoms with E-state index in [9.17, 15) is 18.8 Å². The first-order chi connectivity index (χ1) is 17.1. The lowest BCUT2D eigenvalue weighted by molar-refractivity contribution is 0.0238. The predicted octanol–water partition coefficient (Wildman–Crippen LogP) is 4.33. The minimum absolute atomic E-state index is 0.0935. The van der Waals surface area contributed by atoms with E-state index >= 15 is 0 Å². The van der Waals surface area contributed by atoms with E-state index in [1.54, 1.807) is 39.8 Å². The van der Waals surface area contributed by atoms with Crippen LogP contribution in [0.5, 0.6) is 0 Å². The van der Waals surface area contributed by atoms with Gasteiger partial charge in [-0.15, -0.1) is 5.10 Å². The highest BCUT2D eigenvalue weighted by atomic mass is 19.1. The first-order valence-corrected chi connectivity index (χ1v) is 12.1. The molecule has 3 heterocycles. The van der Waals surface area contributed by atoms with E-state index in [-0.39, 0.29) is 25.5 Å². The maximum Gasteiger partial charge on any atom is 0.435 e. The summed E-state index contributed by atoms with van der Waals surface area (Å²) in [5.74, 6) is -0.223. The van der Waals surface area contributed by atoms with E-state index in [0.29, 0.717) is 42.8 Å². The molecule has 1 saturated heterocycles. The molecule has 36 heavy (non-hydrogen) atoms. The summed E-state index contributed by atoms with van der Waals surface area (Å²) in [6.45, 7) is 8.65. The molecule has 1 aromatic carbocycles. The highest BCUT2D eigenvalue weighted by molar-refractivity contribution is 6.04. The van der Waals surface area contributed by atoms with Gasteiger partial charge in [-0.25, -0.2) is 14.0 Å². The van der Waals surface area contributed by atoms with Crippen molar-refractivity contribution in [1.82, 2.24) is 14.7 Å². The van der Waals surface area contributed by atoms with Crippen molar-refractivity contribution in [3.63, 3.8) is 0 Å². The number of nitrogens with one attached hydrogen (secondary N) is 1. The van der Waals surface area contributed by atoms with Crippen molar-refractivity contribution >= 4 is 29.6 Å². The second-order valence-electron chi connectivity index (χ2n) is 9.88. The average molecular weight is 502 g/mol. The second kappa shape index (κ2) is 10.2. The Labute approximate surface area is 209 Å². The Morgan fingerprint density at radius 2 is 1.75 bits per heavy atom. The van der Waals surface area contributed by atoms with Gasteiger partial charge in [0.1, 0.15) is 11.8 Å². The number of alkyl halides is 1. The molecule has 0 aliphatic carbocycles. The Hall–Kier alpha value is -3.63. The van der Waals surface area contributed by atoms with E-state index in [2.05, 4.69) is 15.3 Å². The topological polar surface area (TPSA) is 106 Å². The number of carbonyl (C=O) groups is 3. The van der Waals surface area contributed by atoms with Gasteiger partial charge in [0.2, 0.25) is 0 Å². The van der Waals surface area contributed by atoms with Crippen LogP contribution >= 0.6 is 0 Å². The zero-order chi connectivity index (χ0) is 26.0. The van der Waals surface area contributed by atoms with Gasteiger partial charge < -0.3 is 19.7 Å². The number of piperidine rings is 1. The number of benzene rings is 1. The van der Waals surface area contributed by atoms with Crippen LogP contribution in [0.15, 0.2) is 24.3 Å². The number of rotatable bonds is 4. The van der Waals surface area contributed by atoms with E-state index < -0.39 is 29.9 Å². The average Bonchev–Trinajstić information content (AvgIpc) is 3.39. The van der Waals surface area contributed by atoms with Gasteiger partial charge in [-0.2, -0.15) is 4.68 Å². The Morgan fingerprint density at radius 1 is 1.08 bits per heavy atom. The minimum Gasteiger partial charge on any atom is -0.448 e. The molecule has 4 rings (SSSR count). The van der Waals surface area contributed by atoms with Crippen LogP contribution in [0.4, 0.5) is 25.5 Å². The molecule has 2 aliphatic rings. The number of anilines is 2. The summed E-state index contributed by atoms with van der Waals surface area (Å²) < 4.78 is 25.1. The van der Waals surface area contributed by atoms with Gasteiger partial charge in [-0.3, -0.25) is 9.69 Å². The molecular weight excluding hydrogens is 469 g/mol. The molecule has 1 N–H and O–H groups in total. The van der Waals surface area contributed by atoms with Crippen LogP contribution in [-0.2, 0) is 22.6 Å². The third-order valence-electron chi connectivity index (χ3n) is 6.02. The lowest BCUT2D eigenvalue weighted by atomic mass is 10.1. The lowest BCUT2D eigenvalue weighted by Gasteiger charge is -2.30. The Bertz CT molecular complexity index is 1130. The fraction of sp³-hybridized carbons (Fsp3) is 0.520. The van der Waals surface area contributed by atoms with Crippen molar-refractivity contribution < 1.29 is 28.2 Å². The number of carbonyl (C=O) groups excluding carboxylic acids is 3. The number of halogens is 1. The van der Waals surface area contributed by atoms with Gasteiger partial charge in [-0.05, 0) is 64.8 Å². The van der Waals surface area contributed by atoms with Gasteiger partial charge >= 0.3 is 12.2 Å². The Morgan fingerprint density at radius 3 is 2.36 bits per heavy atom. The summed E-state index contributed by atoms with van der Waals surface area (Å²) in [5, 5.41) is 7.04. The molecule has 1 fully saturated rings. The zero-order valence-corrected chi connectivity index (χ0v) is 21.0. The van der Waals surface area contributed by atoms with Gasteiger partial charge in [0.05, 0.1) is 25.4 Å². The SMILES string of the molecule is CCOC(=O)n1nc(NC(=O)c2ccc(N3CCC(F)CC3)cc2)c2c1CN(C(=O)OC(C)(C)C)C2. The summed E-state index contributed by atoms with van der Waals surface area (Å²) in [7, 11) is 0. The molecule has 0 saturated carbocycles. The van der Waals surface area contributed by atoms with Crippen molar-refractivity contribution in [2.24, 2.45) is 0 Å². The third kappa shape index (κ3) is 5.60. The maximum absolute atomic E-state index is 13.4. The predicted molar refractivity (Wildman–Crippen MR) is 131 cm³/mol. The minimum atomic E-state index is -0.756. The molecule has 0 spiro atoms. The number of fused-ring (bicyclic) bond motifs is 1. The molecular formula is C25H32FN5O5. The van der Waals surface area contributed by atoms with Gasteiger partial charge in [0.25, 0.3) is 5.91 Å². The molecule has 0 radical (unpaired) electrons. The first kappa shape index (κ1) is 25.5. The van der Waals surface area contributed by atoms with Crippen LogP contribution in [0.25, 0.3) is 0 Å². The second-order valence-corrected chi connectivity index (χ2v) is 9.88. The summed E-state index contributed by atoms with van der Waals surface area (Å²) in [6.07, 6.45) is -0.984. The van der Waals surface area contributed by atoms with E-state index in [0.717, 1.165) is 10.4 Å². The molecule has 0 atom stereocenters. The van der Waals surface area contributed by atoms with Crippen LogP contribution < -0.4 is 10.2 Å². The van der Waals surface area contributed by atoms with Crippen LogP contribution in [0.3, 0.4) is 0 Å². The van der Waals surface area contributed by atoms with Crippen molar-refractivity contribution in [2.75, 3.05) is 29.9 Å². The maximum atomic E-state index is 13.4. The Kier molecular flexibility index (Phi) is 7.18. The number of hydrogen-bond donors (Lipinski definition) is 1. The van der Waals surface area contributed by atoms with Gasteiger partial charge in [-0.1, -0.05) is 0 Å². The molecule has 1 aromatic heterocycles. The molecule has 2 aromatic rings. The smallest absolute Gasteiger partial charge is 0.435 e. The normalized spacial score (nSPS) is 16.0. The fourth-order valence-corrected chi connectivity index (χ4v) is 4.24. The van der Waals surface area contributed by atoms with E-state index in [1.807, 2.05) is 12.1 Å². The highest BCUT2D eigenvalue weighted by Gasteiger charge is 2.35. The van der Waals surface area contributed by atoms with E-state index in [1.165, 1.54) is 4.90 Å². The number of hydrogen-bond acceptors (Lipinski definition) is 7. The summed E-state index contributed by atoms with van der Waals surface area (Å²) in [4.78, 5) is 41.6. The van der Waals surface area contributed by atoms with Crippen molar-refractivity contribution in [3.8, 4) is 0 Å². The number of aromatic nitrogens is 2. The lowest BCUT2D eigenvalue weighted by Crippen LogP contribution is -2.34. The fourth-order valence-electron chi connectivity index (χ4n) is 4.24. The van der Waals surface area contributed by atoms with Crippen LogP contribution in [0.2, 0.25) is 0 Å². The standard InChI is InChI=1S/C25H32FN5O5/c1-5-35-24(34)31-20-15-30(23(33)36-25(2,3)4)14-19(20)21(28-31)27-22(32)16-6-8-18(9-7-16)29-12-10-17(26)11-13-29/h6-9,17H,5,10-15H2,1-4H3,(H,27,28,32). The van der Waals surface area contributed by atoms with Crippen LogP contribution in [-0.4, -0.2) is 64.2 Å².